The molecular weight excluding hydrogens is 279 g/mol. The van der Waals surface area contributed by atoms with Crippen molar-refractivity contribution in [2.45, 2.75) is 44.2 Å². The molecule has 0 spiro atoms. The number of hydrogen-bond donors (Lipinski definition) is 0. The van der Waals surface area contributed by atoms with E-state index in [0.29, 0.717) is 24.8 Å². The van der Waals surface area contributed by atoms with E-state index in [1.165, 1.54) is 12.1 Å². The fourth-order valence-corrected chi connectivity index (χ4v) is 1.75. The summed E-state index contributed by atoms with van der Waals surface area (Å²) in [5.74, 6) is -4.83. The van der Waals surface area contributed by atoms with E-state index in [9.17, 15) is 26.7 Å². The maximum absolute atomic E-state index is 13.0. The van der Waals surface area contributed by atoms with Crippen molar-refractivity contribution in [3.8, 4) is 0 Å². The summed E-state index contributed by atoms with van der Waals surface area (Å²) < 4.78 is 62.5. The first-order valence-corrected chi connectivity index (χ1v) is 6.18. The Bertz CT molecular complexity index is 422. The largest absolute Gasteiger partial charge is 0.458 e. The van der Waals surface area contributed by atoms with E-state index in [1.807, 2.05) is 0 Å². The minimum atomic E-state index is -5.58. The summed E-state index contributed by atoms with van der Waals surface area (Å²) in [5.41, 5.74) is -0.355. The zero-order valence-electron chi connectivity index (χ0n) is 10.6. The van der Waals surface area contributed by atoms with Crippen LogP contribution in [-0.2, 0) is 17.1 Å². The average Bonchev–Trinajstić information content (AvgIpc) is 2.38. The van der Waals surface area contributed by atoms with E-state index in [0.717, 1.165) is 25.0 Å². The van der Waals surface area contributed by atoms with Crippen LogP contribution < -0.4 is 0 Å². The third kappa shape index (κ3) is 4.28. The highest BCUT2D eigenvalue weighted by Gasteiger charge is 2.58. The number of hydrogen-bond acceptors (Lipinski definition) is 1. The second-order valence-corrected chi connectivity index (χ2v) is 4.47. The Morgan fingerprint density at radius 3 is 2.00 bits per heavy atom. The van der Waals surface area contributed by atoms with Crippen LogP contribution in [0.4, 0.5) is 22.0 Å². The first-order chi connectivity index (χ1) is 9.29. The minimum absolute atomic E-state index is 0.358. The molecule has 1 aromatic rings. The molecule has 1 nitrogen and oxygen atoms in total. The number of halogens is 5. The predicted molar refractivity (Wildman–Crippen MR) is 64.3 cm³/mol. The van der Waals surface area contributed by atoms with Crippen molar-refractivity contribution in [3.63, 3.8) is 0 Å². The van der Waals surface area contributed by atoms with Crippen LogP contribution in [-0.4, -0.2) is 12.5 Å². The summed E-state index contributed by atoms with van der Waals surface area (Å²) in [6, 6.07) is 4.17. The van der Waals surface area contributed by atoms with Gasteiger partial charge in [0.25, 0.3) is 0 Å². The van der Waals surface area contributed by atoms with E-state index in [-0.39, 0.29) is 0 Å². The molecule has 0 unspecified atom stereocenters. The molecule has 0 N–H and O–H groups in total. The SMILES string of the molecule is O=[C]CCCCCc1ccc(C(F)(F)C(F)(F)F)cc1. The van der Waals surface area contributed by atoms with Crippen LogP contribution in [0.15, 0.2) is 24.3 Å². The highest BCUT2D eigenvalue weighted by Crippen LogP contribution is 2.43. The van der Waals surface area contributed by atoms with Gasteiger partial charge in [0.2, 0.25) is 0 Å². The molecule has 0 aliphatic rings. The van der Waals surface area contributed by atoms with Gasteiger partial charge < -0.3 is 0 Å². The van der Waals surface area contributed by atoms with Crippen molar-refractivity contribution in [2.75, 3.05) is 0 Å². The molecular formula is C14H14F5O. The maximum atomic E-state index is 13.0. The van der Waals surface area contributed by atoms with Gasteiger partial charge in [0.05, 0.1) is 0 Å². The topological polar surface area (TPSA) is 17.1 Å². The molecule has 0 aromatic heterocycles. The Kier molecular flexibility index (Phi) is 5.65. The Morgan fingerprint density at radius 1 is 0.900 bits per heavy atom. The molecule has 0 atom stereocenters. The third-order valence-corrected chi connectivity index (χ3v) is 2.92. The van der Waals surface area contributed by atoms with Gasteiger partial charge in [-0.05, 0) is 24.8 Å². The highest BCUT2D eigenvalue weighted by atomic mass is 19.4. The summed E-state index contributed by atoms with van der Waals surface area (Å²) in [6.45, 7) is 0. The van der Waals surface area contributed by atoms with Crippen molar-refractivity contribution >= 4 is 6.29 Å². The van der Waals surface area contributed by atoms with Gasteiger partial charge in [-0.15, -0.1) is 0 Å². The number of benzene rings is 1. The lowest BCUT2D eigenvalue weighted by atomic mass is 10.0. The number of unbranched alkanes of at least 4 members (excludes halogenated alkanes) is 3. The number of carbonyl (C=O) groups excluding carboxylic acids is 1. The molecule has 0 aliphatic carbocycles. The van der Waals surface area contributed by atoms with Crippen molar-refractivity contribution in [2.24, 2.45) is 0 Å². The summed E-state index contributed by atoms with van der Waals surface area (Å²) in [5, 5.41) is 0. The zero-order valence-corrected chi connectivity index (χ0v) is 10.6. The third-order valence-electron chi connectivity index (χ3n) is 2.92. The van der Waals surface area contributed by atoms with E-state index < -0.39 is 17.7 Å². The molecule has 0 saturated carbocycles. The first kappa shape index (κ1) is 16.6. The van der Waals surface area contributed by atoms with Gasteiger partial charge in [0.1, 0.15) is 0 Å². The van der Waals surface area contributed by atoms with E-state index >= 15 is 0 Å². The van der Waals surface area contributed by atoms with E-state index in [4.69, 9.17) is 0 Å². The fraction of sp³-hybridized carbons (Fsp3) is 0.500. The van der Waals surface area contributed by atoms with Gasteiger partial charge in [0, 0.05) is 12.0 Å². The summed E-state index contributed by atoms with van der Waals surface area (Å²) in [6.07, 6.45) is -0.645. The second-order valence-electron chi connectivity index (χ2n) is 4.47. The Morgan fingerprint density at radius 2 is 1.50 bits per heavy atom. The van der Waals surface area contributed by atoms with E-state index in [2.05, 4.69) is 0 Å². The van der Waals surface area contributed by atoms with Crippen molar-refractivity contribution in [1.82, 2.24) is 0 Å². The van der Waals surface area contributed by atoms with Crippen LogP contribution in [0.3, 0.4) is 0 Å². The molecule has 0 saturated heterocycles. The van der Waals surface area contributed by atoms with Gasteiger partial charge in [-0.3, -0.25) is 4.79 Å². The van der Waals surface area contributed by atoms with Crippen molar-refractivity contribution in [3.05, 3.63) is 35.4 Å². The smallest absolute Gasteiger partial charge is 0.291 e. The quantitative estimate of drug-likeness (QED) is 0.532. The number of alkyl halides is 5. The van der Waals surface area contributed by atoms with Crippen LogP contribution >= 0.6 is 0 Å². The van der Waals surface area contributed by atoms with Crippen LogP contribution in [0.1, 0.15) is 36.8 Å². The minimum Gasteiger partial charge on any atom is -0.291 e. The zero-order chi connectivity index (χ0) is 15.2. The van der Waals surface area contributed by atoms with Crippen molar-refractivity contribution < 1.29 is 26.7 Å². The van der Waals surface area contributed by atoms with Gasteiger partial charge in [-0.2, -0.15) is 22.0 Å². The van der Waals surface area contributed by atoms with Crippen LogP contribution in [0.5, 0.6) is 0 Å². The Labute approximate surface area is 113 Å². The van der Waals surface area contributed by atoms with Crippen LogP contribution in [0, 0.1) is 0 Å². The first-order valence-electron chi connectivity index (χ1n) is 6.18. The van der Waals surface area contributed by atoms with Crippen LogP contribution in [0.25, 0.3) is 0 Å². The lowest BCUT2D eigenvalue weighted by Gasteiger charge is -2.20. The van der Waals surface area contributed by atoms with Crippen LogP contribution in [0.2, 0.25) is 0 Å². The lowest BCUT2D eigenvalue weighted by molar-refractivity contribution is -0.289. The normalized spacial score (nSPS) is 12.4. The average molecular weight is 293 g/mol. The van der Waals surface area contributed by atoms with Gasteiger partial charge in [0.15, 0.2) is 6.29 Å². The lowest BCUT2D eigenvalue weighted by Crippen LogP contribution is -2.33. The standard InChI is InChI=1S/C14H14F5O/c15-13(16,14(17,18)19)12-8-6-11(7-9-12)5-3-1-2-4-10-20/h6-9H,1-5H2. The molecule has 0 bridgehead atoms. The number of aryl methyl sites for hydroxylation is 1. The van der Waals surface area contributed by atoms with Gasteiger partial charge >= 0.3 is 12.1 Å². The molecule has 1 rings (SSSR count). The highest BCUT2D eigenvalue weighted by molar-refractivity contribution is 5.50. The number of rotatable bonds is 7. The second kappa shape index (κ2) is 6.81. The van der Waals surface area contributed by atoms with E-state index in [1.54, 1.807) is 6.29 Å². The summed E-state index contributed by atoms with van der Waals surface area (Å²) in [7, 11) is 0. The molecule has 1 radical (unpaired) electrons. The molecule has 0 amide bonds. The molecule has 111 valence electrons. The molecule has 0 aliphatic heterocycles. The Hall–Kier alpha value is -1.46. The predicted octanol–water partition coefficient (Wildman–Crippen LogP) is 4.55. The van der Waals surface area contributed by atoms with Gasteiger partial charge in [-0.25, -0.2) is 0 Å². The fourth-order valence-electron chi connectivity index (χ4n) is 1.75. The summed E-state index contributed by atoms with van der Waals surface area (Å²) in [4.78, 5) is 9.96. The Balaban J connectivity index is 2.58. The summed E-state index contributed by atoms with van der Waals surface area (Å²) >= 11 is 0. The maximum Gasteiger partial charge on any atom is 0.458 e. The monoisotopic (exact) mass is 293 g/mol. The van der Waals surface area contributed by atoms with Crippen molar-refractivity contribution in [1.29, 1.82) is 0 Å². The molecule has 1 aromatic carbocycles. The molecule has 6 heteroatoms. The molecule has 0 fully saturated rings. The molecule has 20 heavy (non-hydrogen) atoms. The van der Waals surface area contributed by atoms with Gasteiger partial charge in [-0.1, -0.05) is 30.7 Å². The molecule has 0 heterocycles.